The van der Waals surface area contributed by atoms with Crippen LogP contribution < -0.4 is 5.32 Å². The Labute approximate surface area is 114 Å². The van der Waals surface area contributed by atoms with Crippen molar-refractivity contribution < 1.29 is 4.92 Å². The number of nitro benzene ring substituents is 1. The lowest BCUT2D eigenvalue weighted by atomic mass is 10.2. The fourth-order valence-electron chi connectivity index (χ4n) is 2.14. The fourth-order valence-corrected chi connectivity index (χ4v) is 2.14. The average Bonchev–Trinajstić information content (AvgIpc) is 2.80. The number of nitro groups is 1. The number of fused-ring (bicyclic) bond motifs is 1. The van der Waals surface area contributed by atoms with Crippen LogP contribution in [0.25, 0.3) is 10.9 Å². The maximum atomic E-state index is 11.0. The van der Waals surface area contributed by atoms with Crippen molar-refractivity contribution in [2.75, 3.05) is 5.32 Å². The number of nitrogens with one attached hydrogen (secondary N) is 1. The van der Waals surface area contributed by atoms with Crippen LogP contribution in [0.4, 0.5) is 17.1 Å². The van der Waals surface area contributed by atoms with Crippen molar-refractivity contribution in [1.82, 2.24) is 9.78 Å². The van der Waals surface area contributed by atoms with Crippen LogP contribution in [-0.4, -0.2) is 14.7 Å². The van der Waals surface area contributed by atoms with Gasteiger partial charge in [0.2, 0.25) is 0 Å². The summed E-state index contributed by atoms with van der Waals surface area (Å²) in [6.45, 7) is 0. The van der Waals surface area contributed by atoms with Gasteiger partial charge < -0.3 is 5.32 Å². The SMILES string of the molecule is Cn1ncc2cc(Nc3ccccc3[N+](=O)[O-])ccc21. The van der Waals surface area contributed by atoms with Gasteiger partial charge in [0.1, 0.15) is 5.69 Å². The molecular weight excluding hydrogens is 256 g/mol. The second kappa shape index (κ2) is 4.65. The molecular formula is C14H12N4O2. The number of nitrogens with zero attached hydrogens (tertiary/aromatic N) is 3. The Morgan fingerprint density at radius 1 is 1.25 bits per heavy atom. The third-order valence-corrected chi connectivity index (χ3v) is 3.13. The second-order valence-corrected chi connectivity index (χ2v) is 4.44. The molecule has 3 rings (SSSR count). The Balaban J connectivity index is 1.99. The lowest BCUT2D eigenvalue weighted by Gasteiger charge is -2.07. The number of aryl methyl sites for hydroxylation is 1. The monoisotopic (exact) mass is 268 g/mol. The molecule has 0 aliphatic heterocycles. The standard InChI is InChI=1S/C14H12N4O2/c1-17-13-7-6-11(8-10(13)9-15-17)16-12-4-2-3-5-14(12)18(19)20/h2-9,16H,1H3. The van der Waals surface area contributed by atoms with Gasteiger partial charge in [-0.2, -0.15) is 5.10 Å². The van der Waals surface area contributed by atoms with Crippen LogP contribution in [-0.2, 0) is 7.05 Å². The lowest BCUT2D eigenvalue weighted by molar-refractivity contribution is -0.383. The van der Waals surface area contributed by atoms with Gasteiger partial charge >= 0.3 is 0 Å². The van der Waals surface area contributed by atoms with E-state index < -0.39 is 4.92 Å². The number of benzene rings is 2. The van der Waals surface area contributed by atoms with E-state index in [0.29, 0.717) is 5.69 Å². The molecule has 0 aliphatic carbocycles. The molecule has 0 aliphatic rings. The van der Waals surface area contributed by atoms with E-state index in [1.54, 1.807) is 29.1 Å². The van der Waals surface area contributed by atoms with E-state index in [1.807, 2.05) is 25.2 Å². The summed E-state index contributed by atoms with van der Waals surface area (Å²) in [5.41, 5.74) is 2.33. The Kier molecular flexibility index (Phi) is 2.83. The number of anilines is 2. The Morgan fingerprint density at radius 2 is 2.05 bits per heavy atom. The summed E-state index contributed by atoms with van der Waals surface area (Å²) in [6, 6.07) is 12.3. The molecule has 1 heterocycles. The van der Waals surface area contributed by atoms with Gasteiger partial charge in [-0.15, -0.1) is 0 Å². The molecule has 6 heteroatoms. The van der Waals surface area contributed by atoms with E-state index in [4.69, 9.17) is 0 Å². The zero-order chi connectivity index (χ0) is 14.1. The quantitative estimate of drug-likeness (QED) is 0.584. The first-order valence-electron chi connectivity index (χ1n) is 6.07. The Hall–Kier alpha value is -2.89. The van der Waals surface area contributed by atoms with Crippen molar-refractivity contribution >= 4 is 28.0 Å². The molecule has 0 amide bonds. The van der Waals surface area contributed by atoms with E-state index in [0.717, 1.165) is 16.6 Å². The third kappa shape index (κ3) is 2.07. The highest BCUT2D eigenvalue weighted by Crippen LogP contribution is 2.28. The van der Waals surface area contributed by atoms with Gasteiger partial charge in [0.05, 0.1) is 16.6 Å². The minimum absolute atomic E-state index is 0.0544. The van der Waals surface area contributed by atoms with Crippen molar-refractivity contribution in [1.29, 1.82) is 0 Å². The normalized spacial score (nSPS) is 10.7. The van der Waals surface area contributed by atoms with Gasteiger partial charge in [0.15, 0.2) is 0 Å². The number of rotatable bonds is 3. The Bertz CT molecular complexity index is 795. The van der Waals surface area contributed by atoms with Crippen LogP contribution in [0.15, 0.2) is 48.7 Å². The first-order chi connectivity index (χ1) is 9.65. The molecule has 0 saturated heterocycles. The van der Waals surface area contributed by atoms with Crippen molar-refractivity contribution in [3.05, 3.63) is 58.8 Å². The molecule has 6 nitrogen and oxygen atoms in total. The van der Waals surface area contributed by atoms with Gasteiger partial charge in [-0.3, -0.25) is 14.8 Å². The van der Waals surface area contributed by atoms with Crippen molar-refractivity contribution in [3.8, 4) is 0 Å². The summed E-state index contributed by atoms with van der Waals surface area (Å²) in [6.07, 6.45) is 1.76. The zero-order valence-electron chi connectivity index (χ0n) is 10.8. The highest BCUT2D eigenvalue weighted by Gasteiger charge is 2.12. The molecule has 100 valence electrons. The fraction of sp³-hybridized carbons (Fsp3) is 0.0714. The minimum atomic E-state index is -0.398. The van der Waals surface area contributed by atoms with Gasteiger partial charge in [0.25, 0.3) is 5.69 Å². The van der Waals surface area contributed by atoms with E-state index >= 15 is 0 Å². The molecule has 2 aromatic carbocycles. The van der Waals surface area contributed by atoms with E-state index in [-0.39, 0.29) is 5.69 Å². The number of hydrogen-bond acceptors (Lipinski definition) is 4. The van der Waals surface area contributed by atoms with Crippen LogP contribution in [0.5, 0.6) is 0 Å². The maximum absolute atomic E-state index is 11.0. The van der Waals surface area contributed by atoms with E-state index in [9.17, 15) is 10.1 Å². The molecule has 0 saturated carbocycles. The molecule has 1 N–H and O–H groups in total. The van der Waals surface area contributed by atoms with Crippen molar-refractivity contribution in [2.45, 2.75) is 0 Å². The number of para-hydroxylation sites is 2. The van der Waals surface area contributed by atoms with Gasteiger partial charge in [0, 0.05) is 24.2 Å². The second-order valence-electron chi connectivity index (χ2n) is 4.44. The third-order valence-electron chi connectivity index (χ3n) is 3.13. The largest absolute Gasteiger partial charge is 0.350 e. The molecule has 0 fully saturated rings. The first kappa shape index (κ1) is 12.2. The summed E-state index contributed by atoms with van der Waals surface area (Å²) in [7, 11) is 1.87. The van der Waals surface area contributed by atoms with Crippen molar-refractivity contribution in [3.63, 3.8) is 0 Å². The predicted octanol–water partition coefficient (Wildman–Crippen LogP) is 3.23. The summed E-state index contributed by atoms with van der Waals surface area (Å²) in [5, 5.41) is 19.2. The van der Waals surface area contributed by atoms with Gasteiger partial charge in [-0.25, -0.2) is 0 Å². The molecule has 0 spiro atoms. The molecule has 3 aromatic rings. The first-order valence-corrected chi connectivity index (χ1v) is 6.07. The number of hydrogen-bond donors (Lipinski definition) is 1. The predicted molar refractivity (Wildman–Crippen MR) is 77.1 cm³/mol. The maximum Gasteiger partial charge on any atom is 0.292 e. The molecule has 20 heavy (non-hydrogen) atoms. The van der Waals surface area contributed by atoms with Crippen LogP contribution in [0.3, 0.4) is 0 Å². The zero-order valence-corrected chi connectivity index (χ0v) is 10.8. The smallest absolute Gasteiger partial charge is 0.292 e. The van der Waals surface area contributed by atoms with Crippen LogP contribution in [0.2, 0.25) is 0 Å². The van der Waals surface area contributed by atoms with Crippen molar-refractivity contribution in [2.24, 2.45) is 7.05 Å². The van der Waals surface area contributed by atoms with Crippen LogP contribution in [0, 0.1) is 10.1 Å². The number of aromatic nitrogens is 2. The molecule has 0 atom stereocenters. The lowest BCUT2D eigenvalue weighted by Crippen LogP contribution is -1.96. The van der Waals surface area contributed by atoms with Crippen LogP contribution in [0.1, 0.15) is 0 Å². The molecule has 0 radical (unpaired) electrons. The van der Waals surface area contributed by atoms with Gasteiger partial charge in [-0.1, -0.05) is 12.1 Å². The highest BCUT2D eigenvalue weighted by atomic mass is 16.6. The van der Waals surface area contributed by atoms with Gasteiger partial charge in [-0.05, 0) is 24.3 Å². The highest BCUT2D eigenvalue weighted by molar-refractivity contribution is 5.84. The summed E-state index contributed by atoms with van der Waals surface area (Å²) in [4.78, 5) is 10.6. The average molecular weight is 268 g/mol. The Morgan fingerprint density at radius 3 is 2.85 bits per heavy atom. The molecule has 0 unspecified atom stereocenters. The topological polar surface area (TPSA) is 73.0 Å². The molecule has 1 aromatic heterocycles. The van der Waals surface area contributed by atoms with Crippen LogP contribution >= 0.6 is 0 Å². The summed E-state index contributed by atoms with van der Waals surface area (Å²) in [5.74, 6) is 0. The summed E-state index contributed by atoms with van der Waals surface area (Å²) >= 11 is 0. The van der Waals surface area contributed by atoms with E-state index in [2.05, 4.69) is 10.4 Å². The minimum Gasteiger partial charge on any atom is -0.350 e. The van der Waals surface area contributed by atoms with E-state index in [1.165, 1.54) is 6.07 Å². The summed E-state index contributed by atoms with van der Waals surface area (Å²) < 4.78 is 1.78. The molecule has 0 bridgehead atoms.